The maximum atomic E-state index is 13.5. The quantitative estimate of drug-likeness (QED) is 0.591. The molecular weight excluding hydrogens is 438 g/mol. The highest BCUT2D eigenvalue weighted by atomic mass is 32.1. The van der Waals surface area contributed by atoms with E-state index in [-0.39, 0.29) is 18.4 Å². The number of anilines is 1. The highest BCUT2D eigenvalue weighted by Crippen LogP contribution is 2.35. The summed E-state index contributed by atoms with van der Waals surface area (Å²) in [6, 6.07) is 15.5. The minimum Gasteiger partial charge on any atom is -0.476 e. The molecule has 3 heterocycles. The zero-order valence-electron chi connectivity index (χ0n) is 18.4. The summed E-state index contributed by atoms with van der Waals surface area (Å²) in [6.07, 6.45) is 0.212. The first-order valence-corrected chi connectivity index (χ1v) is 12.0. The fourth-order valence-electron chi connectivity index (χ4n) is 4.07. The van der Waals surface area contributed by atoms with Crippen molar-refractivity contribution in [2.75, 3.05) is 37.7 Å². The maximum Gasteiger partial charge on any atom is 0.278 e. The monoisotopic (exact) mass is 463 g/mol. The van der Waals surface area contributed by atoms with Gasteiger partial charge in [0.15, 0.2) is 6.10 Å². The number of rotatable bonds is 4. The van der Waals surface area contributed by atoms with Crippen molar-refractivity contribution in [1.29, 1.82) is 0 Å². The predicted molar refractivity (Wildman–Crippen MR) is 127 cm³/mol. The number of aryl methyl sites for hydroxylation is 1. The third-order valence-corrected chi connectivity index (χ3v) is 6.84. The molecule has 0 N–H and O–H groups in total. The minimum atomic E-state index is -0.762. The van der Waals surface area contributed by atoms with Crippen LogP contribution in [0.25, 0.3) is 10.6 Å². The second-order valence-corrected chi connectivity index (χ2v) is 8.87. The minimum absolute atomic E-state index is 0.124. The van der Waals surface area contributed by atoms with E-state index in [4.69, 9.17) is 9.47 Å². The van der Waals surface area contributed by atoms with Gasteiger partial charge in [-0.1, -0.05) is 43.3 Å². The first kappa shape index (κ1) is 21.6. The van der Waals surface area contributed by atoms with Gasteiger partial charge in [-0.25, -0.2) is 4.98 Å². The Balaban J connectivity index is 1.40. The van der Waals surface area contributed by atoms with Gasteiger partial charge < -0.3 is 14.4 Å². The Morgan fingerprint density at radius 2 is 1.85 bits per heavy atom. The number of amides is 2. The first-order chi connectivity index (χ1) is 16.1. The summed E-state index contributed by atoms with van der Waals surface area (Å²) in [6.45, 7) is 4.34. The standard InChI is InChI=1S/C25H25N3O4S/c1-2-17-7-9-18(10-8-17)23-26-19(16-33-23)24(29)28-15-22(25(30)27-11-13-31-14-12-27)32-21-6-4-3-5-20(21)28/h3-10,16,22H,2,11-15H2,1H3. The Kier molecular flexibility index (Phi) is 6.11. The zero-order valence-corrected chi connectivity index (χ0v) is 19.2. The Hall–Kier alpha value is -3.23. The molecule has 0 aliphatic carbocycles. The molecule has 0 saturated carbocycles. The number of benzene rings is 2. The van der Waals surface area contributed by atoms with E-state index in [0.717, 1.165) is 17.0 Å². The molecule has 1 saturated heterocycles. The van der Waals surface area contributed by atoms with E-state index in [1.165, 1.54) is 16.9 Å². The Bertz CT molecular complexity index is 1150. The number of nitrogens with zero attached hydrogens (tertiary/aromatic N) is 3. The molecule has 2 amide bonds. The van der Waals surface area contributed by atoms with E-state index < -0.39 is 6.10 Å². The van der Waals surface area contributed by atoms with Crippen LogP contribution >= 0.6 is 11.3 Å². The van der Waals surface area contributed by atoms with Crippen LogP contribution in [0.1, 0.15) is 23.0 Å². The normalized spacial score (nSPS) is 17.9. The number of morpholine rings is 1. The molecule has 5 rings (SSSR count). The number of hydrogen-bond donors (Lipinski definition) is 0. The van der Waals surface area contributed by atoms with Gasteiger partial charge in [0, 0.05) is 24.0 Å². The third kappa shape index (κ3) is 4.36. The van der Waals surface area contributed by atoms with Crippen molar-refractivity contribution in [3.05, 3.63) is 65.2 Å². The van der Waals surface area contributed by atoms with Crippen molar-refractivity contribution in [3.63, 3.8) is 0 Å². The molecule has 2 aliphatic rings. The number of thiazole rings is 1. The highest BCUT2D eigenvalue weighted by Gasteiger charge is 2.37. The molecule has 0 radical (unpaired) electrons. The lowest BCUT2D eigenvalue weighted by molar-refractivity contribution is -0.142. The SMILES string of the molecule is CCc1ccc(-c2nc(C(=O)N3CC(C(=O)N4CCOCC4)Oc4ccccc43)cs2)cc1. The van der Waals surface area contributed by atoms with E-state index in [0.29, 0.717) is 43.4 Å². The van der Waals surface area contributed by atoms with Crippen LogP contribution in [-0.2, 0) is 16.0 Å². The largest absolute Gasteiger partial charge is 0.476 e. The van der Waals surface area contributed by atoms with Crippen molar-refractivity contribution >= 4 is 28.8 Å². The van der Waals surface area contributed by atoms with Gasteiger partial charge in [-0.15, -0.1) is 11.3 Å². The summed E-state index contributed by atoms with van der Waals surface area (Å²) < 4.78 is 11.4. The van der Waals surface area contributed by atoms with Crippen molar-refractivity contribution in [1.82, 2.24) is 9.88 Å². The number of carbonyl (C=O) groups excluding carboxylic acids is 2. The van der Waals surface area contributed by atoms with Crippen molar-refractivity contribution in [2.24, 2.45) is 0 Å². The molecular formula is C25H25N3O4S. The van der Waals surface area contributed by atoms with Gasteiger partial charge in [0.25, 0.3) is 11.8 Å². The fourth-order valence-corrected chi connectivity index (χ4v) is 4.87. The Morgan fingerprint density at radius 1 is 1.09 bits per heavy atom. The second kappa shape index (κ2) is 9.33. The lowest BCUT2D eigenvalue weighted by atomic mass is 10.1. The van der Waals surface area contributed by atoms with Gasteiger partial charge in [-0.2, -0.15) is 0 Å². The average Bonchev–Trinajstić information content (AvgIpc) is 3.38. The molecule has 1 fully saturated rings. The molecule has 7 nitrogen and oxygen atoms in total. The molecule has 1 aromatic heterocycles. The van der Waals surface area contributed by atoms with Crippen molar-refractivity contribution < 1.29 is 19.1 Å². The molecule has 0 spiro atoms. The van der Waals surface area contributed by atoms with Crippen LogP contribution in [0.4, 0.5) is 5.69 Å². The maximum absolute atomic E-state index is 13.5. The van der Waals surface area contributed by atoms with Crippen molar-refractivity contribution in [3.8, 4) is 16.3 Å². The van der Waals surface area contributed by atoms with Crippen LogP contribution in [0, 0.1) is 0 Å². The first-order valence-electron chi connectivity index (χ1n) is 11.1. The third-order valence-electron chi connectivity index (χ3n) is 5.95. The van der Waals surface area contributed by atoms with Gasteiger partial charge in [-0.05, 0) is 24.1 Å². The highest BCUT2D eigenvalue weighted by molar-refractivity contribution is 7.13. The number of carbonyl (C=O) groups is 2. The molecule has 2 aromatic carbocycles. The smallest absolute Gasteiger partial charge is 0.278 e. The van der Waals surface area contributed by atoms with E-state index in [2.05, 4.69) is 24.0 Å². The van der Waals surface area contributed by atoms with Crippen molar-refractivity contribution in [2.45, 2.75) is 19.4 Å². The van der Waals surface area contributed by atoms with Gasteiger partial charge >= 0.3 is 0 Å². The van der Waals surface area contributed by atoms with Crippen LogP contribution in [0.5, 0.6) is 5.75 Å². The Morgan fingerprint density at radius 3 is 2.61 bits per heavy atom. The average molecular weight is 464 g/mol. The summed E-state index contributed by atoms with van der Waals surface area (Å²) in [5, 5.41) is 2.57. The number of aromatic nitrogens is 1. The predicted octanol–water partition coefficient (Wildman–Crippen LogP) is 3.64. The van der Waals surface area contributed by atoms with Crippen LogP contribution in [0.3, 0.4) is 0 Å². The summed E-state index contributed by atoms with van der Waals surface area (Å²) >= 11 is 1.44. The van der Waals surface area contributed by atoms with E-state index in [1.807, 2.05) is 30.3 Å². The van der Waals surface area contributed by atoms with E-state index in [9.17, 15) is 9.59 Å². The molecule has 1 unspecified atom stereocenters. The van der Waals surface area contributed by atoms with Crippen LogP contribution in [0.2, 0.25) is 0 Å². The molecule has 1 atom stereocenters. The topological polar surface area (TPSA) is 72.0 Å². The Labute approximate surface area is 196 Å². The molecule has 2 aliphatic heterocycles. The molecule has 33 heavy (non-hydrogen) atoms. The lowest BCUT2D eigenvalue weighted by Crippen LogP contribution is -2.54. The number of ether oxygens (including phenoxy) is 2. The second-order valence-electron chi connectivity index (χ2n) is 8.02. The molecule has 170 valence electrons. The summed E-state index contributed by atoms with van der Waals surface area (Å²) in [5.41, 5.74) is 3.26. The van der Waals surface area contributed by atoms with E-state index in [1.54, 1.807) is 21.2 Å². The number of fused-ring (bicyclic) bond motifs is 1. The zero-order chi connectivity index (χ0) is 22.8. The van der Waals surface area contributed by atoms with Crippen LogP contribution < -0.4 is 9.64 Å². The van der Waals surface area contributed by atoms with Gasteiger partial charge in [0.2, 0.25) is 0 Å². The molecule has 0 bridgehead atoms. The van der Waals surface area contributed by atoms with Gasteiger partial charge in [0.1, 0.15) is 16.5 Å². The van der Waals surface area contributed by atoms with Crippen LogP contribution in [0.15, 0.2) is 53.9 Å². The summed E-state index contributed by atoms with van der Waals surface area (Å²) in [4.78, 5) is 34.6. The molecule has 8 heteroatoms. The number of para-hydroxylation sites is 2. The van der Waals surface area contributed by atoms with Crippen LogP contribution in [-0.4, -0.2) is 60.7 Å². The van der Waals surface area contributed by atoms with E-state index >= 15 is 0 Å². The van der Waals surface area contributed by atoms with Gasteiger partial charge in [-0.3, -0.25) is 14.5 Å². The fraction of sp³-hybridized carbons (Fsp3) is 0.320. The number of hydrogen-bond acceptors (Lipinski definition) is 6. The molecule has 3 aromatic rings. The lowest BCUT2D eigenvalue weighted by Gasteiger charge is -2.37. The van der Waals surface area contributed by atoms with Gasteiger partial charge in [0.05, 0.1) is 25.4 Å². The summed E-state index contributed by atoms with van der Waals surface area (Å²) in [7, 11) is 0. The summed E-state index contributed by atoms with van der Waals surface area (Å²) in [5.74, 6) is 0.160.